The Bertz CT molecular complexity index is 878. The SMILES string of the molecule is O=C(Nc1ccc2[nH]c(=O)[nH]c2c1)c1cc(Cl)cc(Cl)c1. The summed E-state index contributed by atoms with van der Waals surface area (Å²) in [7, 11) is 0. The first-order chi connectivity index (χ1) is 10.0. The maximum atomic E-state index is 12.2. The van der Waals surface area contributed by atoms with Gasteiger partial charge in [0.2, 0.25) is 0 Å². The number of carbonyl (C=O) groups excluding carboxylic acids is 1. The van der Waals surface area contributed by atoms with E-state index in [2.05, 4.69) is 15.3 Å². The number of nitrogens with one attached hydrogen (secondary N) is 3. The van der Waals surface area contributed by atoms with E-state index in [-0.39, 0.29) is 11.6 Å². The van der Waals surface area contributed by atoms with Gasteiger partial charge in [0.15, 0.2) is 0 Å². The van der Waals surface area contributed by atoms with Gasteiger partial charge in [-0.15, -0.1) is 0 Å². The van der Waals surface area contributed by atoms with Gasteiger partial charge in [-0.05, 0) is 36.4 Å². The third-order valence-corrected chi connectivity index (χ3v) is 3.34. The Labute approximate surface area is 128 Å². The normalized spacial score (nSPS) is 10.8. The number of fused-ring (bicyclic) bond motifs is 1. The molecular weight excluding hydrogens is 313 g/mol. The Hall–Kier alpha value is -2.24. The number of imidazole rings is 1. The molecule has 1 amide bonds. The number of amides is 1. The summed E-state index contributed by atoms with van der Waals surface area (Å²) in [5.74, 6) is -0.336. The van der Waals surface area contributed by atoms with Gasteiger partial charge in [-0.25, -0.2) is 4.79 Å². The van der Waals surface area contributed by atoms with Crippen molar-refractivity contribution in [3.05, 3.63) is 62.5 Å². The average molecular weight is 322 g/mol. The molecule has 0 spiro atoms. The van der Waals surface area contributed by atoms with Crippen molar-refractivity contribution < 1.29 is 4.79 Å². The first-order valence-corrected chi connectivity index (χ1v) is 6.76. The van der Waals surface area contributed by atoms with Crippen LogP contribution in [0.5, 0.6) is 0 Å². The molecule has 7 heteroatoms. The number of aromatic amines is 2. The van der Waals surface area contributed by atoms with E-state index in [9.17, 15) is 9.59 Å². The largest absolute Gasteiger partial charge is 0.323 e. The summed E-state index contributed by atoms with van der Waals surface area (Å²) >= 11 is 11.7. The lowest BCUT2D eigenvalue weighted by Gasteiger charge is -2.06. The van der Waals surface area contributed by atoms with Crippen LogP contribution in [0.25, 0.3) is 11.0 Å². The summed E-state index contributed by atoms with van der Waals surface area (Å²) < 4.78 is 0. The van der Waals surface area contributed by atoms with Crippen molar-refractivity contribution in [2.45, 2.75) is 0 Å². The highest BCUT2D eigenvalue weighted by Crippen LogP contribution is 2.21. The Morgan fingerprint density at radius 2 is 1.62 bits per heavy atom. The van der Waals surface area contributed by atoms with Crippen LogP contribution in [0.4, 0.5) is 5.69 Å². The van der Waals surface area contributed by atoms with Crippen LogP contribution in [-0.2, 0) is 0 Å². The highest BCUT2D eigenvalue weighted by atomic mass is 35.5. The lowest BCUT2D eigenvalue weighted by Crippen LogP contribution is -2.11. The van der Waals surface area contributed by atoms with Gasteiger partial charge in [0.05, 0.1) is 11.0 Å². The predicted molar refractivity (Wildman–Crippen MR) is 83.3 cm³/mol. The van der Waals surface area contributed by atoms with Gasteiger partial charge < -0.3 is 15.3 Å². The zero-order valence-corrected chi connectivity index (χ0v) is 12.0. The van der Waals surface area contributed by atoms with Crippen LogP contribution >= 0.6 is 23.2 Å². The van der Waals surface area contributed by atoms with Crippen molar-refractivity contribution in [3.8, 4) is 0 Å². The molecule has 0 radical (unpaired) electrons. The summed E-state index contributed by atoms with van der Waals surface area (Å²) in [6, 6.07) is 9.66. The number of rotatable bonds is 2. The summed E-state index contributed by atoms with van der Waals surface area (Å²) in [4.78, 5) is 28.6. The number of aromatic nitrogens is 2. The molecule has 3 rings (SSSR count). The van der Waals surface area contributed by atoms with E-state index >= 15 is 0 Å². The van der Waals surface area contributed by atoms with Gasteiger partial charge in [-0.2, -0.15) is 0 Å². The molecule has 3 N–H and O–H groups in total. The van der Waals surface area contributed by atoms with Gasteiger partial charge in [0.25, 0.3) is 5.91 Å². The summed E-state index contributed by atoms with van der Waals surface area (Å²) in [6.45, 7) is 0. The second kappa shape index (κ2) is 5.27. The highest BCUT2D eigenvalue weighted by Gasteiger charge is 2.09. The van der Waals surface area contributed by atoms with Gasteiger partial charge in [0.1, 0.15) is 0 Å². The Balaban J connectivity index is 1.90. The molecule has 3 aromatic rings. The minimum Gasteiger partial charge on any atom is -0.322 e. The first-order valence-electron chi connectivity index (χ1n) is 6.01. The smallest absolute Gasteiger partial charge is 0.322 e. The predicted octanol–water partition coefficient (Wildman–Crippen LogP) is 3.42. The van der Waals surface area contributed by atoms with Crippen LogP contribution in [0.15, 0.2) is 41.2 Å². The van der Waals surface area contributed by atoms with Crippen LogP contribution in [0.1, 0.15) is 10.4 Å². The summed E-state index contributed by atoms with van der Waals surface area (Å²) in [6.07, 6.45) is 0. The summed E-state index contributed by atoms with van der Waals surface area (Å²) in [5, 5.41) is 3.50. The standard InChI is InChI=1S/C14H9Cl2N3O2/c15-8-3-7(4-9(16)5-8)13(20)17-10-1-2-11-12(6-10)19-14(21)18-11/h1-6H,(H,17,20)(H2,18,19,21). The lowest BCUT2D eigenvalue weighted by molar-refractivity contribution is 0.102. The van der Waals surface area contributed by atoms with Crippen molar-refractivity contribution in [1.82, 2.24) is 9.97 Å². The molecule has 2 aromatic carbocycles. The Morgan fingerprint density at radius 1 is 0.952 bits per heavy atom. The van der Waals surface area contributed by atoms with Crippen LogP contribution in [0, 0.1) is 0 Å². The third kappa shape index (κ3) is 2.94. The van der Waals surface area contributed by atoms with Gasteiger partial charge in [-0.1, -0.05) is 23.2 Å². The molecule has 1 aromatic heterocycles. The van der Waals surface area contributed by atoms with E-state index in [1.54, 1.807) is 24.3 Å². The number of H-pyrrole nitrogens is 2. The van der Waals surface area contributed by atoms with Gasteiger partial charge >= 0.3 is 5.69 Å². The molecule has 106 valence electrons. The minimum atomic E-state index is -0.336. The maximum absolute atomic E-state index is 12.2. The molecule has 0 aliphatic heterocycles. The fraction of sp³-hybridized carbons (Fsp3) is 0. The van der Waals surface area contributed by atoms with E-state index < -0.39 is 0 Å². The second-order valence-corrected chi connectivity index (χ2v) is 5.32. The number of carbonyl (C=O) groups is 1. The zero-order valence-electron chi connectivity index (χ0n) is 10.5. The second-order valence-electron chi connectivity index (χ2n) is 4.45. The lowest BCUT2D eigenvalue weighted by atomic mass is 10.2. The van der Waals surface area contributed by atoms with Crippen LogP contribution in [-0.4, -0.2) is 15.9 Å². The number of hydrogen-bond donors (Lipinski definition) is 3. The van der Waals surface area contributed by atoms with E-state index in [1.165, 1.54) is 12.1 Å². The molecule has 0 bridgehead atoms. The molecule has 0 aliphatic carbocycles. The van der Waals surface area contributed by atoms with Crippen LogP contribution in [0.3, 0.4) is 0 Å². The first kappa shape index (κ1) is 13.7. The van der Waals surface area contributed by atoms with Crippen molar-refractivity contribution in [1.29, 1.82) is 0 Å². The van der Waals surface area contributed by atoms with E-state index in [0.29, 0.717) is 32.3 Å². The maximum Gasteiger partial charge on any atom is 0.323 e. The number of anilines is 1. The Morgan fingerprint density at radius 3 is 2.33 bits per heavy atom. The minimum absolute atomic E-state index is 0.296. The van der Waals surface area contributed by atoms with E-state index in [4.69, 9.17) is 23.2 Å². The molecule has 0 aliphatic rings. The van der Waals surface area contributed by atoms with Crippen LogP contribution < -0.4 is 11.0 Å². The number of halogens is 2. The molecule has 0 saturated carbocycles. The molecule has 0 fully saturated rings. The summed E-state index contributed by atoms with van der Waals surface area (Å²) in [5.41, 5.74) is 1.90. The van der Waals surface area contributed by atoms with Crippen molar-refractivity contribution in [3.63, 3.8) is 0 Å². The molecule has 0 unspecified atom stereocenters. The number of benzene rings is 2. The average Bonchev–Trinajstić information content (AvgIpc) is 2.77. The fourth-order valence-corrected chi connectivity index (χ4v) is 2.52. The highest BCUT2D eigenvalue weighted by molar-refractivity contribution is 6.35. The fourth-order valence-electron chi connectivity index (χ4n) is 2.00. The Kier molecular flexibility index (Phi) is 3.45. The molecular formula is C14H9Cl2N3O2. The van der Waals surface area contributed by atoms with E-state index in [0.717, 1.165) is 0 Å². The molecule has 0 saturated heterocycles. The zero-order chi connectivity index (χ0) is 15.0. The van der Waals surface area contributed by atoms with Gasteiger partial charge in [-0.3, -0.25) is 4.79 Å². The van der Waals surface area contributed by atoms with Crippen LogP contribution in [0.2, 0.25) is 10.0 Å². The van der Waals surface area contributed by atoms with Gasteiger partial charge in [0, 0.05) is 21.3 Å². The van der Waals surface area contributed by atoms with E-state index in [1.807, 2.05) is 0 Å². The third-order valence-electron chi connectivity index (χ3n) is 2.90. The molecule has 5 nitrogen and oxygen atoms in total. The topological polar surface area (TPSA) is 77.8 Å². The quantitative estimate of drug-likeness (QED) is 0.676. The van der Waals surface area contributed by atoms with Crippen molar-refractivity contribution >= 4 is 45.8 Å². The molecule has 0 atom stereocenters. The number of hydrogen-bond acceptors (Lipinski definition) is 2. The molecule has 1 heterocycles. The monoisotopic (exact) mass is 321 g/mol. The molecule has 21 heavy (non-hydrogen) atoms. The van der Waals surface area contributed by atoms with Crippen molar-refractivity contribution in [2.24, 2.45) is 0 Å². The van der Waals surface area contributed by atoms with Crippen molar-refractivity contribution in [2.75, 3.05) is 5.32 Å².